The van der Waals surface area contributed by atoms with E-state index in [0.29, 0.717) is 12.5 Å². The number of hydrogen-bond acceptors (Lipinski definition) is 3. The Morgan fingerprint density at radius 1 is 1.21 bits per heavy atom. The van der Waals surface area contributed by atoms with Crippen molar-refractivity contribution in [3.05, 3.63) is 35.9 Å². The van der Waals surface area contributed by atoms with Gasteiger partial charge >= 0.3 is 6.09 Å². The molecule has 2 atom stereocenters. The molecule has 1 aliphatic heterocycles. The maximum atomic E-state index is 12.1. The van der Waals surface area contributed by atoms with Gasteiger partial charge in [0.25, 0.3) is 0 Å². The van der Waals surface area contributed by atoms with Crippen molar-refractivity contribution < 1.29 is 9.53 Å². The number of ether oxygens (including phenoxy) is 1. The lowest BCUT2D eigenvalue weighted by Gasteiger charge is -2.47. The molecule has 3 rings (SSSR count). The normalized spacial score (nSPS) is 30.4. The molecule has 4 nitrogen and oxygen atoms in total. The van der Waals surface area contributed by atoms with Gasteiger partial charge in [-0.05, 0) is 36.7 Å². The molecular formula is C20H30N2O2. The van der Waals surface area contributed by atoms with Gasteiger partial charge < -0.3 is 10.1 Å². The topological polar surface area (TPSA) is 41.6 Å². The zero-order valence-corrected chi connectivity index (χ0v) is 14.9. The summed E-state index contributed by atoms with van der Waals surface area (Å²) in [5.74, 6) is 1.54. The molecule has 1 saturated heterocycles. The molecule has 1 aromatic carbocycles. The van der Waals surface area contributed by atoms with Crippen molar-refractivity contribution in [2.24, 2.45) is 11.8 Å². The van der Waals surface area contributed by atoms with E-state index in [1.54, 1.807) is 0 Å². The Bertz CT molecular complexity index is 528. The largest absolute Gasteiger partial charge is 0.445 e. The van der Waals surface area contributed by atoms with Crippen LogP contribution in [-0.2, 0) is 11.3 Å². The lowest BCUT2D eigenvalue weighted by atomic mass is 9.79. The van der Waals surface area contributed by atoms with Gasteiger partial charge in [-0.25, -0.2) is 4.79 Å². The minimum atomic E-state index is -0.289. The van der Waals surface area contributed by atoms with Crippen LogP contribution in [0, 0.1) is 11.8 Å². The first-order valence-corrected chi connectivity index (χ1v) is 9.35. The van der Waals surface area contributed by atoms with E-state index in [9.17, 15) is 4.79 Å². The Morgan fingerprint density at radius 2 is 1.96 bits per heavy atom. The summed E-state index contributed by atoms with van der Waals surface area (Å²) in [6, 6.07) is 10.8. The zero-order valence-electron chi connectivity index (χ0n) is 14.9. The third-order valence-corrected chi connectivity index (χ3v) is 5.54. The predicted molar refractivity (Wildman–Crippen MR) is 95.7 cm³/mol. The Hall–Kier alpha value is -1.55. The number of piperidine rings is 1. The fourth-order valence-electron chi connectivity index (χ4n) is 4.03. The highest BCUT2D eigenvalue weighted by Gasteiger charge is 2.36. The molecule has 2 aliphatic rings. The van der Waals surface area contributed by atoms with E-state index in [4.69, 9.17) is 4.74 Å². The van der Waals surface area contributed by atoms with E-state index in [-0.39, 0.29) is 12.1 Å². The van der Waals surface area contributed by atoms with Crippen molar-refractivity contribution in [2.45, 2.75) is 58.2 Å². The van der Waals surface area contributed by atoms with Crippen LogP contribution in [0.3, 0.4) is 0 Å². The van der Waals surface area contributed by atoms with Crippen LogP contribution in [0.15, 0.2) is 30.3 Å². The Kier molecular flexibility index (Phi) is 5.77. The van der Waals surface area contributed by atoms with Gasteiger partial charge in [-0.2, -0.15) is 0 Å². The molecule has 1 saturated carbocycles. The van der Waals surface area contributed by atoms with Crippen molar-refractivity contribution in [3.63, 3.8) is 0 Å². The molecule has 2 fully saturated rings. The van der Waals surface area contributed by atoms with Crippen LogP contribution in [0.4, 0.5) is 4.79 Å². The summed E-state index contributed by atoms with van der Waals surface area (Å²) in [5.41, 5.74) is 1.02. The van der Waals surface area contributed by atoms with Crippen molar-refractivity contribution in [3.8, 4) is 0 Å². The number of alkyl carbamates (subject to hydrolysis) is 1. The van der Waals surface area contributed by atoms with Crippen molar-refractivity contribution in [1.29, 1.82) is 0 Å². The molecule has 1 aromatic rings. The van der Waals surface area contributed by atoms with Gasteiger partial charge in [-0.15, -0.1) is 0 Å². The maximum Gasteiger partial charge on any atom is 0.407 e. The Labute approximate surface area is 145 Å². The molecule has 2 unspecified atom stereocenters. The van der Waals surface area contributed by atoms with E-state index < -0.39 is 0 Å². The van der Waals surface area contributed by atoms with Crippen LogP contribution >= 0.6 is 0 Å². The second kappa shape index (κ2) is 8.02. The first-order chi connectivity index (χ1) is 11.6. The monoisotopic (exact) mass is 330 g/mol. The summed E-state index contributed by atoms with van der Waals surface area (Å²) in [5, 5.41) is 3.09. The highest BCUT2D eigenvalue weighted by molar-refractivity contribution is 5.67. The molecule has 1 aliphatic carbocycles. The fraction of sp³-hybridized carbons (Fsp3) is 0.650. The number of rotatable bonds is 5. The van der Waals surface area contributed by atoms with E-state index >= 15 is 0 Å². The average molecular weight is 330 g/mol. The van der Waals surface area contributed by atoms with Crippen molar-refractivity contribution in [2.75, 3.05) is 13.1 Å². The fourth-order valence-corrected chi connectivity index (χ4v) is 4.03. The van der Waals surface area contributed by atoms with Crippen LogP contribution in [0.2, 0.25) is 0 Å². The van der Waals surface area contributed by atoms with Crippen molar-refractivity contribution in [1.82, 2.24) is 10.2 Å². The number of hydrogen-bond donors (Lipinski definition) is 1. The smallest absolute Gasteiger partial charge is 0.407 e. The molecule has 0 aromatic heterocycles. The summed E-state index contributed by atoms with van der Waals surface area (Å²) in [4.78, 5) is 14.7. The van der Waals surface area contributed by atoms with Gasteiger partial charge in [-0.1, -0.05) is 50.6 Å². The number of likely N-dealkylation sites (tertiary alicyclic amines) is 1. The molecule has 1 amide bonds. The molecule has 0 radical (unpaired) electrons. The first-order valence-electron chi connectivity index (χ1n) is 9.35. The molecule has 4 heteroatoms. The van der Waals surface area contributed by atoms with Gasteiger partial charge in [0.1, 0.15) is 6.61 Å². The number of carbonyl (C=O) groups excluding carboxylic acids is 1. The second-order valence-corrected chi connectivity index (χ2v) is 7.60. The summed E-state index contributed by atoms with van der Waals surface area (Å²) in [7, 11) is 0. The highest BCUT2D eigenvalue weighted by Crippen LogP contribution is 2.34. The summed E-state index contributed by atoms with van der Waals surface area (Å²) in [6.45, 7) is 7.07. The lowest BCUT2D eigenvalue weighted by molar-refractivity contribution is 0.0315. The molecule has 132 valence electrons. The van der Waals surface area contributed by atoms with Crippen molar-refractivity contribution >= 4 is 6.09 Å². The molecule has 0 spiro atoms. The summed E-state index contributed by atoms with van der Waals surface area (Å²) in [6.07, 6.45) is 4.57. The van der Waals surface area contributed by atoms with Crippen LogP contribution in [-0.4, -0.2) is 36.2 Å². The standard InChI is InChI=1S/C20H30N2O2/c1-3-16-11-18(13-22(12-16)19-9-15(2)10-19)21-20(23)24-14-17-7-5-4-6-8-17/h4-8,15-16,18-19H,3,9-14H2,1-2H3,(H,21,23). The minimum absolute atomic E-state index is 0.211. The third kappa shape index (κ3) is 4.50. The lowest BCUT2D eigenvalue weighted by Crippen LogP contribution is -2.56. The van der Waals surface area contributed by atoms with E-state index in [1.807, 2.05) is 30.3 Å². The van der Waals surface area contributed by atoms with Gasteiger partial charge in [0.2, 0.25) is 0 Å². The third-order valence-electron chi connectivity index (χ3n) is 5.54. The van der Waals surface area contributed by atoms with Gasteiger partial charge in [0, 0.05) is 25.2 Å². The Morgan fingerprint density at radius 3 is 2.62 bits per heavy atom. The van der Waals surface area contributed by atoms with E-state index in [0.717, 1.165) is 30.5 Å². The maximum absolute atomic E-state index is 12.1. The van der Waals surface area contributed by atoms with Crippen LogP contribution in [0.1, 0.15) is 45.1 Å². The zero-order chi connectivity index (χ0) is 16.9. The van der Waals surface area contributed by atoms with Crippen LogP contribution < -0.4 is 5.32 Å². The van der Waals surface area contributed by atoms with Crippen LogP contribution in [0.25, 0.3) is 0 Å². The molecule has 1 N–H and O–H groups in total. The number of amides is 1. The number of carbonyl (C=O) groups is 1. The minimum Gasteiger partial charge on any atom is -0.445 e. The highest BCUT2D eigenvalue weighted by atomic mass is 16.5. The average Bonchev–Trinajstić information content (AvgIpc) is 2.57. The molecular weight excluding hydrogens is 300 g/mol. The second-order valence-electron chi connectivity index (χ2n) is 7.60. The van der Waals surface area contributed by atoms with E-state index in [1.165, 1.54) is 25.8 Å². The van der Waals surface area contributed by atoms with Gasteiger partial charge in [0.05, 0.1) is 0 Å². The Balaban J connectivity index is 1.48. The quantitative estimate of drug-likeness (QED) is 0.892. The number of nitrogens with one attached hydrogen (secondary N) is 1. The number of benzene rings is 1. The van der Waals surface area contributed by atoms with E-state index in [2.05, 4.69) is 24.1 Å². The predicted octanol–water partition coefficient (Wildman–Crippen LogP) is 3.81. The number of nitrogens with zero attached hydrogens (tertiary/aromatic N) is 1. The van der Waals surface area contributed by atoms with Crippen LogP contribution in [0.5, 0.6) is 0 Å². The SMILES string of the molecule is CCC1CC(NC(=O)OCc2ccccc2)CN(C2CC(C)C2)C1. The molecule has 24 heavy (non-hydrogen) atoms. The molecule has 1 heterocycles. The summed E-state index contributed by atoms with van der Waals surface area (Å²) >= 11 is 0. The first kappa shape index (κ1) is 17.3. The summed E-state index contributed by atoms with van der Waals surface area (Å²) < 4.78 is 5.38. The van der Waals surface area contributed by atoms with Gasteiger partial charge in [-0.3, -0.25) is 4.90 Å². The molecule has 0 bridgehead atoms. The van der Waals surface area contributed by atoms with Gasteiger partial charge in [0.15, 0.2) is 0 Å².